The minimum atomic E-state index is -1.13. The molecule has 148 valence electrons. The van der Waals surface area contributed by atoms with Crippen LogP contribution in [0, 0.1) is 13.8 Å². The fourth-order valence-corrected chi connectivity index (χ4v) is 9.10. The van der Waals surface area contributed by atoms with Crippen molar-refractivity contribution in [3.63, 3.8) is 0 Å². The normalized spacial score (nSPS) is 17.3. The third kappa shape index (κ3) is 3.15. The largest absolute Gasteiger partial charge is 0.256 e. The van der Waals surface area contributed by atoms with Crippen molar-refractivity contribution >= 4 is 24.6 Å². The summed E-state index contributed by atoms with van der Waals surface area (Å²) in [6.45, 7) is 11.4. The summed E-state index contributed by atoms with van der Waals surface area (Å²) in [6.07, 6.45) is 4.10. The van der Waals surface area contributed by atoms with Crippen LogP contribution in [0.25, 0.3) is 21.9 Å². The number of aryl methyl sites for hydroxylation is 2. The Morgan fingerprint density at radius 1 is 0.900 bits per heavy atom. The second kappa shape index (κ2) is 7.62. The van der Waals surface area contributed by atoms with Crippen LogP contribution >= 0.6 is 0 Å². The van der Waals surface area contributed by atoms with Crippen molar-refractivity contribution < 1.29 is 26.2 Å². The van der Waals surface area contributed by atoms with Crippen LogP contribution in [0.4, 0.5) is 0 Å². The molecule has 3 heteroatoms. The molecule has 30 heavy (non-hydrogen) atoms. The molecule has 0 unspecified atom stereocenters. The molecule has 3 aliphatic heterocycles. The molecule has 3 aromatic carbocycles. The molecule has 0 radical (unpaired) electrons. The summed E-state index contributed by atoms with van der Waals surface area (Å²) in [5.74, 6) is 0. The number of hydrogen-bond acceptors (Lipinski definition) is 1. The maximum absolute atomic E-state index is 4.42. The van der Waals surface area contributed by atoms with Crippen molar-refractivity contribution in [3.05, 3.63) is 99.5 Å². The fourth-order valence-electron chi connectivity index (χ4n) is 5.24. The van der Waals surface area contributed by atoms with Crippen molar-refractivity contribution in [1.82, 2.24) is 0 Å². The monoisotopic (exact) mass is 482 g/mol. The number of benzene rings is 2. The summed E-state index contributed by atoms with van der Waals surface area (Å²) in [7, 11) is -1.13. The average Bonchev–Trinajstić information content (AvgIpc) is 3.38. The molecule has 0 spiro atoms. The molecule has 0 fully saturated rings. The fraction of sp³-hybridized carbons (Fsp3) is 0.185. The van der Waals surface area contributed by atoms with Crippen molar-refractivity contribution in [1.29, 1.82) is 0 Å². The third-order valence-corrected chi connectivity index (χ3v) is 10.2. The summed E-state index contributed by atoms with van der Waals surface area (Å²) < 4.78 is 0. The van der Waals surface area contributed by atoms with E-state index in [9.17, 15) is 0 Å². The van der Waals surface area contributed by atoms with Gasteiger partial charge >= 0.3 is 0 Å². The van der Waals surface area contributed by atoms with Gasteiger partial charge in [0.2, 0.25) is 0 Å². The molecule has 0 amide bonds. The third-order valence-electron chi connectivity index (χ3n) is 6.46. The number of hydrogen-bond donors (Lipinski definition) is 0. The van der Waals surface area contributed by atoms with Crippen molar-refractivity contribution in [2.45, 2.75) is 33.9 Å². The van der Waals surface area contributed by atoms with Crippen molar-refractivity contribution in [3.8, 4) is 11.1 Å². The molecule has 0 N–H and O–H groups in total. The zero-order chi connectivity index (χ0) is 20.3. The Labute approximate surface area is 199 Å². The molecule has 0 aromatic heterocycles. The predicted molar refractivity (Wildman–Crippen MR) is 128 cm³/mol. The zero-order valence-corrected chi connectivity index (χ0v) is 21.8. The first kappa shape index (κ1) is 21.3. The molecule has 1 aliphatic carbocycles. The van der Waals surface area contributed by atoms with E-state index in [1.165, 1.54) is 49.9 Å². The summed E-state index contributed by atoms with van der Waals surface area (Å²) in [5, 5.41) is 5.96. The van der Waals surface area contributed by atoms with Crippen LogP contribution in [-0.2, 0) is 26.2 Å². The molecule has 3 aromatic rings. The molecule has 7 rings (SSSR count). The van der Waals surface area contributed by atoms with Gasteiger partial charge in [-0.1, -0.05) is 61.5 Å². The first-order valence-electron chi connectivity index (χ1n) is 10.3. The predicted octanol–water partition coefficient (Wildman–Crippen LogP) is 7.22. The minimum Gasteiger partial charge on any atom is -0.256 e. The molecule has 0 saturated heterocycles. The quantitative estimate of drug-likeness (QED) is 0.256. The van der Waals surface area contributed by atoms with E-state index in [4.69, 9.17) is 0 Å². The molecule has 0 saturated carbocycles. The molecule has 4 aliphatic rings. The Hall–Kier alpha value is -1.96. The van der Waals surface area contributed by atoms with E-state index in [2.05, 4.69) is 99.5 Å². The molecule has 2 bridgehead atoms. The van der Waals surface area contributed by atoms with E-state index < -0.39 is 8.07 Å². The van der Waals surface area contributed by atoms with Crippen molar-refractivity contribution in [2.24, 2.45) is 4.99 Å². The molecular formula is C27H26NSiZr-. The van der Waals surface area contributed by atoms with Gasteiger partial charge in [0.05, 0.1) is 5.71 Å². The van der Waals surface area contributed by atoms with Crippen LogP contribution in [0.1, 0.15) is 18.1 Å². The SMILES string of the molecule is CC1=C2C3=NC=CC3=C1[Si]2(C)C.Cc1ccc(-c2cccc3[cH-]c(C)cc23)cc1.[Zr]. The van der Waals surface area contributed by atoms with Gasteiger partial charge in [-0.2, -0.15) is 6.07 Å². The molecule has 0 atom stereocenters. The Morgan fingerprint density at radius 2 is 1.63 bits per heavy atom. The second-order valence-corrected chi connectivity index (χ2v) is 13.2. The first-order chi connectivity index (χ1) is 13.9. The summed E-state index contributed by atoms with van der Waals surface area (Å²) in [4.78, 5) is 4.42. The number of aliphatic imine (C=N–C) groups is 1. The van der Waals surface area contributed by atoms with Gasteiger partial charge in [0, 0.05) is 38.0 Å². The number of fused-ring (bicyclic) bond motifs is 1. The molecule has 3 heterocycles. The van der Waals surface area contributed by atoms with Crippen LogP contribution in [0.15, 0.2) is 93.4 Å². The van der Waals surface area contributed by atoms with E-state index in [0.29, 0.717) is 0 Å². The smallest absolute Gasteiger partial charge is 0.116 e. The Kier molecular flexibility index (Phi) is 5.41. The van der Waals surface area contributed by atoms with Gasteiger partial charge in [-0.25, -0.2) is 0 Å². The van der Waals surface area contributed by atoms with E-state index in [1.54, 1.807) is 10.4 Å². The topological polar surface area (TPSA) is 12.4 Å². The first-order valence-corrected chi connectivity index (χ1v) is 13.3. The summed E-state index contributed by atoms with van der Waals surface area (Å²) >= 11 is 0. The van der Waals surface area contributed by atoms with Gasteiger partial charge in [0.25, 0.3) is 0 Å². The maximum atomic E-state index is 4.42. The standard InChI is InChI=1S/C17H15.C10H11NSi.Zr/c1-12-6-8-14(9-7-12)16-5-3-4-15-10-13(2)11-17(15)16;1-6-9-7-4-5-11-8(7)10(6)12(9,2)3;/h3-11H,1-2H3;4-5H,1-3H3;/q-1;;. The van der Waals surface area contributed by atoms with Gasteiger partial charge in [0.15, 0.2) is 0 Å². The minimum absolute atomic E-state index is 0. The molecule has 1 nitrogen and oxygen atoms in total. The van der Waals surface area contributed by atoms with Crippen LogP contribution in [-0.4, -0.2) is 13.8 Å². The van der Waals surface area contributed by atoms with E-state index in [0.717, 1.165) is 0 Å². The van der Waals surface area contributed by atoms with E-state index in [1.807, 2.05) is 6.20 Å². The Balaban J connectivity index is 0.000000148. The van der Waals surface area contributed by atoms with Crippen LogP contribution < -0.4 is 0 Å². The van der Waals surface area contributed by atoms with Gasteiger partial charge in [0.1, 0.15) is 8.07 Å². The van der Waals surface area contributed by atoms with Crippen LogP contribution in [0.3, 0.4) is 0 Å². The van der Waals surface area contributed by atoms with Gasteiger partial charge in [-0.3, -0.25) is 4.99 Å². The Bertz CT molecular complexity index is 1280. The number of nitrogens with zero attached hydrogens (tertiary/aromatic N) is 1. The Morgan fingerprint density at radius 3 is 2.30 bits per heavy atom. The van der Waals surface area contributed by atoms with Gasteiger partial charge in [-0.15, -0.1) is 34.5 Å². The van der Waals surface area contributed by atoms with E-state index >= 15 is 0 Å². The van der Waals surface area contributed by atoms with Gasteiger partial charge < -0.3 is 0 Å². The van der Waals surface area contributed by atoms with Crippen molar-refractivity contribution in [2.75, 3.05) is 0 Å². The second-order valence-electron chi connectivity index (χ2n) is 8.91. The van der Waals surface area contributed by atoms with E-state index in [-0.39, 0.29) is 26.2 Å². The maximum Gasteiger partial charge on any atom is 0.116 e. The average molecular weight is 484 g/mol. The summed E-state index contributed by atoms with van der Waals surface area (Å²) in [6, 6.07) is 19.8. The van der Waals surface area contributed by atoms with Crippen LogP contribution in [0.5, 0.6) is 0 Å². The molecular weight excluding hydrogens is 458 g/mol. The van der Waals surface area contributed by atoms with Crippen LogP contribution in [0.2, 0.25) is 13.1 Å². The zero-order valence-electron chi connectivity index (χ0n) is 18.3. The number of allylic oxidation sites excluding steroid dienone is 5. The summed E-state index contributed by atoms with van der Waals surface area (Å²) in [5.41, 5.74) is 9.55. The number of rotatable bonds is 1. The van der Waals surface area contributed by atoms with Gasteiger partial charge in [-0.05, 0) is 41.5 Å².